The fourth-order valence-corrected chi connectivity index (χ4v) is 11.0. The van der Waals surface area contributed by atoms with Gasteiger partial charge < -0.3 is 9.64 Å². The summed E-state index contributed by atoms with van der Waals surface area (Å²) in [4.78, 5) is 2.83. The minimum atomic E-state index is -0.767. The fourth-order valence-electron chi connectivity index (χ4n) is 8.48. The van der Waals surface area contributed by atoms with E-state index in [4.69, 9.17) is 4.74 Å². The van der Waals surface area contributed by atoms with Crippen LogP contribution in [0.25, 0.3) is 6.08 Å². The van der Waals surface area contributed by atoms with Gasteiger partial charge in [-0.15, -0.1) is 0 Å². The molecule has 4 aromatic rings. The van der Waals surface area contributed by atoms with Gasteiger partial charge in [-0.05, 0) is 86.4 Å². The first kappa shape index (κ1) is 26.5. The highest BCUT2D eigenvalue weighted by atomic mass is 31.1. The summed E-state index contributed by atoms with van der Waals surface area (Å²) in [7, 11) is 1.09. The summed E-state index contributed by atoms with van der Waals surface area (Å²) < 4.78 is 6.26. The molecule has 4 bridgehead atoms. The van der Waals surface area contributed by atoms with Crippen molar-refractivity contribution in [3.05, 3.63) is 121 Å². The molecule has 0 saturated heterocycles. The van der Waals surface area contributed by atoms with Crippen molar-refractivity contribution < 1.29 is 4.74 Å². The van der Waals surface area contributed by atoms with Crippen molar-refractivity contribution in [1.82, 2.24) is 0 Å². The van der Waals surface area contributed by atoms with Crippen LogP contribution in [0.15, 0.2) is 115 Å². The summed E-state index contributed by atoms with van der Waals surface area (Å²) in [5.41, 5.74) is 2.76. The van der Waals surface area contributed by atoms with Crippen LogP contribution in [-0.2, 0) is 0 Å². The molecule has 41 heavy (non-hydrogen) atoms. The lowest BCUT2D eigenvalue weighted by atomic mass is 9.52. The lowest BCUT2D eigenvalue weighted by Gasteiger charge is -2.61. The third-order valence-corrected chi connectivity index (χ3v) is 12.2. The average Bonchev–Trinajstić information content (AvgIpc) is 3.00. The highest BCUT2D eigenvalue weighted by Crippen LogP contribution is 2.59. The van der Waals surface area contributed by atoms with Crippen molar-refractivity contribution in [2.75, 3.05) is 18.6 Å². The molecule has 8 rings (SSSR count). The zero-order valence-corrected chi connectivity index (χ0v) is 24.9. The van der Waals surface area contributed by atoms with E-state index in [1.54, 1.807) is 0 Å². The molecule has 0 aromatic heterocycles. The summed E-state index contributed by atoms with van der Waals surface area (Å²) in [6.07, 6.45) is 12.9. The van der Waals surface area contributed by atoms with Gasteiger partial charge in [-0.2, -0.15) is 0 Å². The maximum atomic E-state index is 6.26. The van der Waals surface area contributed by atoms with Crippen molar-refractivity contribution in [1.29, 1.82) is 0 Å². The van der Waals surface area contributed by atoms with Crippen LogP contribution in [0, 0.1) is 17.8 Å². The second-order valence-electron chi connectivity index (χ2n) is 12.4. The SMILES string of the molecule is COc1cccc(P(c2ccccc2)c2ccccc2)c1N(C/C=C/c1ccccc1)C12CC3CC(CC(C3)C1)C2. The predicted octanol–water partition coefficient (Wildman–Crippen LogP) is 7.94. The number of rotatable bonds is 9. The Bertz CT molecular complexity index is 1410. The van der Waals surface area contributed by atoms with Gasteiger partial charge in [0.25, 0.3) is 0 Å². The van der Waals surface area contributed by atoms with Crippen LogP contribution in [-0.4, -0.2) is 19.2 Å². The van der Waals surface area contributed by atoms with Gasteiger partial charge in [0.15, 0.2) is 0 Å². The third kappa shape index (κ3) is 5.24. The summed E-state index contributed by atoms with van der Waals surface area (Å²) in [5, 5.41) is 4.17. The highest BCUT2D eigenvalue weighted by molar-refractivity contribution is 7.80. The maximum Gasteiger partial charge on any atom is 0.142 e. The summed E-state index contributed by atoms with van der Waals surface area (Å²) in [6.45, 7) is 0.890. The molecule has 4 aromatic carbocycles. The summed E-state index contributed by atoms with van der Waals surface area (Å²) >= 11 is 0. The summed E-state index contributed by atoms with van der Waals surface area (Å²) in [6, 6.07) is 39.8. The predicted molar refractivity (Wildman–Crippen MR) is 175 cm³/mol. The Morgan fingerprint density at radius 2 is 1.24 bits per heavy atom. The number of ether oxygens (including phenoxy) is 1. The lowest BCUT2D eigenvalue weighted by molar-refractivity contribution is -0.00340. The molecule has 0 spiro atoms. The Balaban J connectivity index is 1.40. The molecule has 2 nitrogen and oxygen atoms in total. The molecule has 0 aliphatic heterocycles. The van der Waals surface area contributed by atoms with Crippen molar-refractivity contribution in [2.24, 2.45) is 17.8 Å². The van der Waals surface area contributed by atoms with E-state index in [9.17, 15) is 0 Å². The van der Waals surface area contributed by atoms with Gasteiger partial charge in [0.1, 0.15) is 5.75 Å². The Kier molecular flexibility index (Phi) is 7.44. The molecule has 0 unspecified atom stereocenters. The van der Waals surface area contributed by atoms with Gasteiger partial charge in [-0.25, -0.2) is 0 Å². The van der Waals surface area contributed by atoms with Gasteiger partial charge in [-0.1, -0.05) is 115 Å². The molecule has 3 heteroatoms. The molecule has 0 N–H and O–H groups in total. The molecule has 4 saturated carbocycles. The van der Waals surface area contributed by atoms with Crippen LogP contribution in [0.3, 0.4) is 0 Å². The van der Waals surface area contributed by atoms with Crippen LogP contribution in [0.2, 0.25) is 0 Å². The van der Waals surface area contributed by atoms with Crippen LogP contribution in [0.5, 0.6) is 5.75 Å². The van der Waals surface area contributed by atoms with Crippen LogP contribution in [0.1, 0.15) is 44.1 Å². The topological polar surface area (TPSA) is 12.5 Å². The van der Waals surface area contributed by atoms with Gasteiger partial charge in [0, 0.05) is 17.4 Å². The first-order chi connectivity index (χ1) is 20.2. The van der Waals surface area contributed by atoms with E-state index >= 15 is 0 Å². The number of benzene rings is 4. The van der Waals surface area contributed by atoms with Gasteiger partial charge >= 0.3 is 0 Å². The number of anilines is 1. The number of hydrogen-bond acceptors (Lipinski definition) is 2. The molecule has 4 fully saturated rings. The molecule has 0 heterocycles. The molecule has 208 valence electrons. The van der Waals surface area contributed by atoms with Crippen molar-refractivity contribution in [2.45, 2.75) is 44.1 Å². The number of nitrogens with zero attached hydrogens (tertiary/aromatic N) is 1. The van der Waals surface area contributed by atoms with E-state index in [-0.39, 0.29) is 5.54 Å². The second-order valence-corrected chi connectivity index (χ2v) is 14.6. The van der Waals surface area contributed by atoms with Crippen molar-refractivity contribution in [3.8, 4) is 5.75 Å². The van der Waals surface area contributed by atoms with Gasteiger partial charge in [0.05, 0.1) is 12.8 Å². The zero-order valence-electron chi connectivity index (χ0n) is 24.0. The van der Waals surface area contributed by atoms with Crippen molar-refractivity contribution in [3.63, 3.8) is 0 Å². The second kappa shape index (κ2) is 11.5. The lowest BCUT2D eigenvalue weighted by Crippen LogP contribution is -2.61. The minimum Gasteiger partial charge on any atom is -0.495 e. The van der Waals surface area contributed by atoms with E-state index in [0.717, 1.165) is 30.0 Å². The zero-order chi connectivity index (χ0) is 27.6. The van der Waals surface area contributed by atoms with E-state index in [1.165, 1.54) is 65.7 Å². The van der Waals surface area contributed by atoms with Gasteiger partial charge in [-0.3, -0.25) is 0 Å². The molecular formula is C38H40NOP. The van der Waals surface area contributed by atoms with Crippen LogP contribution < -0.4 is 25.6 Å². The van der Waals surface area contributed by atoms with E-state index < -0.39 is 7.92 Å². The van der Waals surface area contributed by atoms with Crippen LogP contribution in [0.4, 0.5) is 5.69 Å². The standard InChI is InChI=1S/C38H40NOP/c1-40-35-20-11-21-36(41(33-16-7-3-8-17-33)34-18-9-4-10-19-34)37(35)39(22-12-15-29-13-5-2-6-14-29)38-26-30-23-31(27-38)25-32(24-30)28-38/h2-21,30-32H,22-28H2,1H3/b15-12+. The average molecular weight is 558 g/mol. The summed E-state index contributed by atoms with van der Waals surface area (Å²) in [5.74, 6) is 3.60. The normalized spacial score (nSPS) is 24.7. The first-order valence-corrected chi connectivity index (χ1v) is 16.6. The van der Waals surface area contributed by atoms with E-state index in [2.05, 4.69) is 126 Å². The monoisotopic (exact) mass is 557 g/mol. The quantitative estimate of drug-likeness (QED) is 0.194. The minimum absolute atomic E-state index is 0.188. The Labute approximate surface area is 246 Å². The maximum absolute atomic E-state index is 6.26. The first-order valence-electron chi connectivity index (χ1n) is 15.3. The fraction of sp³-hybridized carbons (Fsp3) is 0.316. The molecular weight excluding hydrogens is 517 g/mol. The largest absolute Gasteiger partial charge is 0.495 e. The Morgan fingerprint density at radius 1 is 0.707 bits per heavy atom. The number of hydrogen-bond donors (Lipinski definition) is 0. The van der Waals surface area contributed by atoms with E-state index in [1.807, 2.05) is 7.11 Å². The molecule has 0 amide bonds. The Morgan fingerprint density at radius 3 is 1.78 bits per heavy atom. The van der Waals surface area contributed by atoms with Crippen molar-refractivity contribution >= 4 is 35.6 Å². The molecule has 4 aliphatic carbocycles. The third-order valence-electron chi connectivity index (χ3n) is 9.71. The Hall–Kier alpha value is -3.35. The van der Waals surface area contributed by atoms with E-state index in [0.29, 0.717) is 0 Å². The molecule has 0 radical (unpaired) electrons. The molecule has 0 atom stereocenters. The van der Waals surface area contributed by atoms with Crippen LogP contribution >= 0.6 is 7.92 Å². The number of para-hydroxylation sites is 1. The smallest absolute Gasteiger partial charge is 0.142 e. The number of methoxy groups -OCH3 is 1. The molecule has 4 aliphatic rings. The van der Waals surface area contributed by atoms with Gasteiger partial charge in [0.2, 0.25) is 0 Å². The highest BCUT2D eigenvalue weighted by Gasteiger charge is 2.54.